The summed E-state index contributed by atoms with van der Waals surface area (Å²) in [5.41, 5.74) is 2.23. The molecular formula is C42H42O6P2Ru+2. The zero-order chi connectivity index (χ0) is 35.9. The second kappa shape index (κ2) is 20.9. The molecule has 0 saturated carbocycles. The van der Waals surface area contributed by atoms with Crippen molar-refractivity contribution in [2.75, 3.05) is 14.2 Å². The number of hydrogen-bond donors (Lipinski definition) is 2. The fourth-order valence-corrected chi connectivity index (χ4v) is 11.2. The van der Waals surface area contributed by atoms with E-state index in [4.69, 9.17) is 29.3 Å². The van der Waals surface area contributed by atoms with E-state index in [1.54, 1.807) is 14.2 Å². The number of carbonyl (C=O) groups is 2. The molecular weight excluding hydrogens is 763 g/mol. The summed E-state index contributed by atoms with van der Waals surface area (Å²) in [5.74, 6) is 0.0465. The van der Waals surface area contributed by atoms with Crippen molar-refractivity contribution in [2.45, 2.75) is 13.8 Å². The van der Waals surface area contributed by atoms with Crippen molar-refractivity contribution < 1.29 is 48.8 Å². The van der Waals surface area contributed by atoms with Gasteiger partial charge in [0.25, 0.3) is 11.9 Å². The molecule has 0 bridgehead atoms. The summed E-state index contributed by atoms with van der Waals surface area (Å²) in [5, 5.41) is 22.7. The summed E-state index contributed by atoms with van der Waals surface area (Å²) < 4.78 is 12.4. The van der Waals surface area contributed by atoms with Gasteiger partial charge in [-0.05, 0) is 72.8 Å². The zero-order valence-corrected chi connectivity index (χ0v) is 32.6. The predicted molar refractivity (Wildman–Crippen MR) is 212 cm³/mol. The number of hydrogen-bond acceptors (Lipinski definition) is 4. The van der Waals surface area contributed by atoms with Gasteiger partial charge >= 0.3 is 0 Å². The van der Waals surface area contributed by atoms with E-state index in [1.807, 2.05) is 0 Å². The van der Waals surface area contributed by atoms with Gasteiger partial charge in [0.2, 0.25) is 0 Å². The van der Waals surface area contributed by atoms with Gasteiger partial charge in [0.15, 0.2) is 0 Å². The van der Waals surface area contributed by atoms with Gasteiger partial charge in [-0.3, -0.25) is 9.59 Å². The molecule has 262 valence electrons. The van der Waals surface area contributed by atoms with Crippen LogP contribution < -0.4 is 41.3 Å². The predicted octanol–water partition coefficient (Wildman–Crippen LogP) is 6.53. The van der Waals surface area contributed by atoms with Gasteiger partial charge in [-0.15, -0.1) is 0 Å². The topological polar surface area (TPSA) is 93.1 Å². The van der Waals surface area contributed by atoms with Crippen molar-refractivity contribution in [3.05, 3.63) is 158 Å². The van der Waals surface area contributed by atoms with Crippen molar-refractivity contribution in [3.8, 4) is 22.6 Å². The van der Waals surface area contributed by atoms with Crippen molar-refractivity contribution in [3.63, 3.8) is 0 Å². The molecule has 0 unspecified atom stereocenters. The van der Waals surface area contributed by atoms with Crippen LogP contribution in [0.3, 0.4) is 0 Å². The maximum absolute atomic E-state index is 9.00. The molecule has 0 heterocycles. The van der Waals surface area contributed by atoms with Gasteiger partial charge < -0.3 is 19.7 Å². The van der Waals surface area contributed by atoms with Crippen LogP contribution in [-0.2, 0) is 29.1 Å². The number of carboxylic acid groups (broad SMARTS) is 2. The van der Waals surface area contributed by atoms with Crippen LogP contribution in [0.15, 0.2) is 158 Å². The molecule has 0 atom stereocenters. The van der Waals surface area contributed by atoms with Crippen molar-refractivity contribution in [2.24, 2.45) is 0 Å². The second-order valence-electron chi connectivity index (χ2n) is 11.0. The van der Waals surface area contributed by atoms with Crippen LogP contribution in [0.4, 0.5) is 0 Å². The molecule has 6 aromatic carbocycles. The number of carboxylic acids is 2. The molecule has 6 nitrogen and oxygen atoms in total. The normalized spacial score (nSPS) is 10.1. The molecule has 0 spiro atoms. The summed E-state index contributed by atoms with van der Waals surface area (Å²) in [6, 6.07) is 56.6. The summed E-state index contributed by atoms with van der Waals surface area (Å²) in [4.78, 5) is 18.0. The molecule has 0 fully saturated rings. The first-order chi connectivity index (χ1) is 24.3. The fraction of sp³-hybridized carbons (Fsp3) is 0.0952. The fourth-order valence-electron chi connectivity index (χ4n) is 5.71. The van der Waals surface area contributed by atoms with Crippen LogP contribution in [0.5, 0.6) is 11.5 Å². The summed E-state index contributed by atoms with van der Waals surface area (Å²) >= 11 is 0. The summed E-state index contributed by atoms with van der Waals surface area (Å²) in [6.45, 7) is 2.17. The third kappa shape index (κ3) is 11.2. The van der Waals surface area contributed by atoms with E-state index in [1.165, 1.54) is 31.8 Å². The Morgan fingerprint density at radius 1 is 0.431 bits per heavy atom. The minimum atomic E-state index is -1.40. The SMILES string of the molecule is CC(=O)O.CC(=O)O.COc1cccc([PH+](c2ccccc2)c2ccccc2)c1-c1c(OC)cccc1[PH+](c1ccccc1)c1ccccc1.[Ru]. The molecule has 0 radical (unpaired) electrons. The van der Waals surface area contributed by atoms with E-state index in [0.29, 0.717) is 0 Å². The van der Waals surface area contributed by atoms with Gasteiger partial charge in [-0.25, -0.2) is 0 Å². The molecule has 6 aromatic rings. The van der Waals surface area contributed by atoms with Crippen molar-refractivity contribution >= 4 is 59.6 Å². The first-order valence-corrected chi connectivity index (χ1v) is 19.0. The Bertz CT molecular complexity index is 1730. The minimum absolute atomic E-state index is 0. The Morgan fingerprint density at radius 3 is 0.882 bits per heavy atom. The first kappa shape index (κ1) is 40.8. The number of rotatable bonds is 9. The standard InChI is InChI=1S/C38H32O2P2.2C2H4O2.Ru/c1-39-33-25-15-27-35(41(29-17-7-3-8-18-29)30-19-9-4-10-20-30)37(33)38-34(40-2)26-16-28-36(38)42(31-21-11-5-12-22-31)32-23-13-6-14-24-32;2*1-2(3)4;/h3-28H,1-2H3;2*1H3,(H,3,4);/p+2. The molecule has 2 N–H and O–H groups in total. The maximum atomic E-state index is 9.00. The van der Waals surface area contributed by atoms with E-state index < -0.39 is 27.8 Å². The van der Waals surface area contributed by atoms with E-state index >= 15 is 0 Å². The van der Waals surface area contributed by atoms with Crippen molar-refractivity contribution in [1.29, 1.82) is 0 Å². The van der Waals surface area contributed by atoms with Crippen LogP contribution in [0, 0.1) is 0 Å². The average molecular weight is 806 g/mol. The maximum Gasteiger partial charge on any atom is 0.300 e. The Kier molecular flexibility index (Phi) is 16.7. The Labute approximate surface area is 315 Å². The number of ether oxygens (including phenoxy) is 2. The molecule has 0 aliphatic heterocycles. The molecule has 6 rings (SSSR count). The quantitative estimate of drug-likeness (QED) is 0.128. The van der Waals surface area contributed by atoms with Gasteiger partial charge in [0, 0.05) is 33.3 Å². The Morgan fingerprint density at radius 2 is 0.667 bits per heavy atom. The summed E-state index contributed by atoms with van der Waals surface area (Å²) in [6.07, 6.45) is 0. The smallest absolute Gasteiger partial charge is 0.300 e. The van der Waals surface area contributed by atoms with Crippen LogP contribution >= 0.6 is 15.8 Å². The number of aliphatic carboxylic acids is 2. The van der Waals surface area contributed by atoms with E-state index in [0.717, 1.165) is 36.5 Å². The Balaban J connectivity index is 0.000000709. The zero-order valence-electron chi connectivity index (χ0n) is 28.9. The Hall–Kier alpha value is -4.66. The average Bonchev–Trinajstić information content (AvgIpc) is 3.13. The molecule has 0 aliphatic carbocycles. The van der Waals surface area contributed by atoms with Gasteiger partial charge in [-0.2, -0.15) is 0 Å². The van der Waals surface area contributed by atoms with E-state index in [2.05, 4.69) is 158 Å². The third-order valence-electron chi connectivity index (χ3n) is 7.53. The largest absolute Gasteiger partial charge is 0.496 e. The molecule has 0 amide bonds. The monoisotopic (exact) mass is 806 g/mol. The van der Waals surface area contributed by atoms with Gasteiger partial charge in [-0.1, -0.05) is 84.9 Å². The first-order valence-electron chi connectivity index (χ1n) is 16.0. The molecule has 51 heavy (non-hydrogen) atoms. The van der Waals surface area contributed by atoms with Crippen LogP contribution in [0.25, 0.3) is 11.1 Å². The van der Waals surface area contributed by atoms with E-state index in [9.17, 15) is 0 Å². The molecule has 0 aromatic heterocycles. The van der Waals surface area contributed by atoms with Crippen LogP contribution in [0.1, 0.15) is 13.8 Å². The molecule has 0 aliphatic rings. The van der Waals surface area contributed by atoms with Crippen LogP contribution in [0.2, 0.25) is 0 Å². The van der Waals surface area contributed by atoms with Gasteiger partial charge in [0.05, 0.1) is 41.2 Å². The number of methoxy groups -OCH3 is 2. The van der Waals surface area contributed by atoms with Crippen molar-refractivity contribution in [1.82, 2.24) is 0 Å². The molecule has 0 saturated heterocycles. The third-order valence-corrected chi connectivity index (χ3v) is 13.1. The van der Waals surface area contributed by atoms with Crippen LogP contribution in [-0.4, -0.2) is 36.4 Å². The molecule has 9 heteroatoms. The van der Waals surface area contributed by atoms with E-state index in [-0.39, 0.29) is 19.5 Å². The second-order valence-corrected chi connectivity index (χ2v) is 15.9. The minimum Gasteiger partial charge on any atom is -0.496 e. The summed E-state index contributed by atoms with van der Waals surface area (Å²) in [7, 11) is 0.737. The van der Waals surface area contributed by atoms with Gasteiger partial charge in [0.1, 0.15) is 43.3 Å². The number of benzene rings is 6.